The second-order valence-electron chi connectivity index (χ2n) is 6.17. The van der Waals surface area contributed by atoms with Crippen molar-refractivity contribution in [2.75, 3.05) is 13.2 Å². The lowest BCUT2D eigenvalue weighted by Crippen LogP contribution is -2.28. The number of nitrogens with zero attached hydrogens (tertiary/aromatic N) is 4. The largest absolute Gasteiger partial charge is 0.475 e. The number of rotatable bonds is 7. The van der Waals surface area contributed by atoms with Crippen molar-refractivity contribution in [3.8, 4) is 17.3 Å². The van der Waals surface area contributed by atoms with Gasteiger partial charge in [0.2, 0.25) is 15.9 Å². The Morgan fingerprint density at radius 1 is 1.00 bits per heavy atom. The third-order valence-electron chi connectivity index (χ3n) is 4.11. The van der Waals surface area contributed by atoms with E-state index in [2.05, 4.69) is 20.0 Å². The van der Waals surface area contributed by atoms with Gasteiger partial charge >= 0.3 is 0 Å². The second-order valence-corrected chi connectivity index (χ2v) is 8.38. The van der Waals surface area contributed by atoms with Crippen LogP contribution in [0.5, 0.6) is 5.88 Å². The van der Waals surface area contributed by atoms with E-state index in [4.69, 9.17) is 16.3 Å². The third kappa shape index (κ3) is 4.40. The smallest absolute Gasteiger partial charge is 0.240 e. The van der Waals surface area contributed by atoms with E-state index in [1.54, 1.807) is 24.3 Å². The first-order valence-corrected chi connectivity index (χ1v) is 10.6. The predicted molar refractivity (Wildman–Crippen MR) is 108 cm³/mol. The maximum Gasteiger partial charge on any atom is 0.240 e. The third-order valence-corrected chi connectivity index (χ3v) is 5.84. The average Bonchev–Trinajstić information content (AvgIpc) is 3.15. The molecule has 0 amide bonds. The van der Waals surface area contributed by atoms with Crippen LogP contribution < -0.4 is 9.46 Å². The number of halogens is 2. The Hall–Kier alpha value is -3.08. The van der Waals surface area contributed by atoms with Gasteiger partial charge in [0.25, 0.3) is 0 Å². The lowest BCUT2D eigenvalue weighted by molar-refractivity contribution is 0.306. The van der Waals surface area contributed by atoms with Gasteiger partial charge in [-0.2, -0.15) is 4.52 Å². The van der Waals surface area contributed by atoms with Crippen molar-refractivity contribution in [3.63, 3.8) is 0 Å². The minimum absolute atomic E-state index is 0.0394. The number of sulfonamides is 1. The molecular formula is C19H15ClFN5O3S. The minimum Gasteiger partial charge on any atom is -0.475 e. The Morgan fingerprint density at radius 2 is 1.73 bits per heavy atom. The molecule has 154 valence electrons. The van der Waals surface area contributed by atoms with Gasteiger partial charge in [-0.25, -0.2) is 17.5 Å². The van der Waals surface area contributed by atoms with Crippen LogP contribution in [0, 0.1) is 5.82 Å². The quantitative estimate of drug-likeness (QED) is 0.437. The first-order chi connectivity index (χ1) is 14.4. The highest BCUT2D eigenvalue weighted by atomic mass is 35.5. The molecule has 0 spiro atoms. The molecule has 0 atom stereocenters. The summed E-state index contributed by atoms with van der Waals surface area (Å²) < 4.78 is 47.1. The summed E-state index contributed by atoms with van der Waals surface area (Å²) in [6.07, 6.45) is 0. The van der Waals surface area contributed by atoms with Crippen LogP contribution in [0.2, 0.25) is 5.02 Å². The molecule has 4 rings (SSSR count). The van der Waals surface area contributed by atoms with E-state index in [1.165, 1.54) is 40.9 Å². The van der Waals surface area contributed by atoms with E-state index >= 15 is 0 Å². The SMILES string of the molecule is O=S(=O)(NCCOc1ccc2nnc(-c3ccc(F)cc3)n2n1)c1ccc(Cl)cc1. The fraction of sp³-hybridized carbons (Fsp3) is 0.105. The molecule has 4 aromatic rings. The number of benzene rings is 2. The van der Waals surface area contributed by atoms with E-state index in [0.29, 0.717) is 22.1 Å². The van der Waals surface area contributed by atoms with Crippen molar-refractivity contribution in [2.45, 2.75) is 4.90 Å². The van der Waals surface area contributed by atoms with Gasteiger partial charge in [-0.1, -0.05) is 11.6 Å². The molecule has 0 aliphatic heterocycles. The van der Waals surface area contributed by atoms with Crippen molar-refractivity contribution in [1.82, 2.24) is 24.5 Å². The molecule has 8 nitrogen and oxygen atoms in total. The molecule has 2 heterocycles. The lowest BCUT2D eigenvalue weighted by atomic mass is 10.2. The summed E-state index contributed by atoms with van der Waals surface area (Å²) >= 11 is 5.78. The average molecular weight is 448 g/mol. The number of nitrogens with one attached hydrogen (secondary N) is 1. The summed E-state index contributed by atoms with van der Waals surface area (Å²) in [5.74, 6) is 0.334. The molecule has 0 radical (unpaired) electrons. The molecule has 0 aliphatic rings. The van der Waals surface area contributed by atoms with Crippen LogP contribution >= 0.6 is 11.6 Å². The Kier molecular flexibility index (Phi) is 5.62. The van der Waals surface area contributed by atoms with Crippen LogP contribution in [-0.4, -0.2) is 41.4 Å². The molecule has 0 saturated heterocycles. The summed E-state index contributed by atoms with van der Waals surface area (Å²) in [6, 6.07) is 14.9. The Bertz CT molecular complexity index is 1280. The fourth-order valence-electron chi connectivity index (χ4n) is 2.66. The lowest BCUT2D eigenvalue weighted by Gasteiger charge is -2.08. The zero-order valence-corrected chi connectivity index (χ0v) is 16.9. The molecule has 11 heteroatoms. The number of fused-ring (bicyclic) bond motifs is 1. The van der Waals surface area contributed by atoms with Gasteiger partial charge in [0.15, 0.2) is 11.5 Å². The molecule has 1 N–H and O–H groups in total. The molecule has 2 aromatic heterocycles. The van der Waals surface area contributed by atoms with Crippen LogP contribution in [0.25, 0.3) is 17.0 Å². The highest BCUT2D eigenvalue weighted by Gasteiger charge is 2.14. The Labute approximate surface area is 176 Å². The van der Waals surface area contributed by atoms with Gasteiger partial charge in [-0.15, -0.1) is 15.3 Å². The van der Waals surface area contributed by atoms with Gasteiger partial charge in [0.1, 0.15) is 12.4 Å². The van der Waals surface area contributed by atoms with Crippen LogP contribution in [0.3, 0.4) is 0 Å². The van der Waals surface area contributed by atoms with Crippen molar-refractivity contribution >= 4 is 27.3 Å². The van der Waals surface area contributed by atoms with Crippen LogP contribution in [-0.2, 0) is 10.0 Å². The summed E-state index contributed by atoms with van der Waals surface area (Å²) in [5.41, 5.74) is 1.13. The highest BCUT2D eigenvalue weighted by molar-refractivity contribution is 7.89. The first-order valence-electron chi connectivity index (χ1n) is 8.79. The molecule has 0 unspecified atom stereocenters. The molecule has 0 bridgehead atoms. The van der Waals surface area contributed by atoms with Crippen LogP contribution in [0.4, 0.5) is 4.39 Å². The van der Waals surface area contributed by atoms with Crippen LogP contribution in [0.15, 0.2) is 65.6 Å². The van der Waals surface area contributed by atoms with Gasteiger partial charge < -0.3 is 4.74 Å². The van der Waals surface area contributed by atoms with Crippen LogP contribution in [0.1, 0.15) is 0 Å². The van der Waals surface area contributed by atoms with Gasteiger partial charge in [-0.05, 0) is 54.6 Å². The molecule has 30 heavy (non-hydrogen) atoms. The highest BCUT2D eigenvalue weighted by Crippen LogP contribution is 2.19. The van der Waals surface area contributed by atoms with E-state index in [9.17, 15) is 12.8 Å². The predicted octanol–water partition coefficient (Wildman–Crippen LogP) is 2.94. The van der Waals surface area contributed by atoms with Crippen molar-refractivity contribution in [1.29, 1.82) is 0 Å². The maximum atomic E-state index is 13.2. The fourth-order valence-corrected chi connectivity index (χ4v) is 3.80. The second kappa shape index (κ2) is 8.34. The molecule has 2 aromatic carbocycles. The summed E-state index contributed by atoms with van der Waals surface area (Å²) in [7, 11) is -3.67. The van der Waals surface area contributed by atoms with Gasteiger partial charge in [0.05, 0.1) is 4.90 Å². The number of aromatic nitrogens is 4. The Morgan fingerprint density at radius 3 is 2.47 bits per heavy atom. The normalized spacial score (nSPS) is 11.7. The monoisotopic (exact) mass is 447 g/mol. The molecule has 0 aliphatic carbocycles. The first kappa shape index (κ1) is 20.2. The topological polar surface area (TPSA) is 98.5 Å². The zero-order valence-electron chi connectivity index (χ0n) is 15.4. The van der Waals surface area contributed by atoms with E-state index < -0.39 is 10.0 Å². The number of hydrogen-bond donors (Lipinski definition) is 1. The zero-order chi connectivity index (χ0) is 21.1. The van der Waals surface area contributed by atoms with Crippen molar-refractivity contribution in [3.05, 3.63) is 71.5 Å². The van der Waals surface area contributed by atoms with Gasteiger partial charge in [0, 0.05) is 23.2 Å². The van der Waals surface area contributed by atoms with Crippen molar-refractivity contribution < 1.29 is 17.5 Å². The van der Waals surface area contributed by atoms with Crippen molar-refractivity contribution in [2.24, 2.45) is 0 Å². The number of hydrogen-bond acceptors (Lipinski definition) is 6. The summed E-state index contributed by atoms with van der Waals surface area (Å²) in [6.45, 7) is 0.0943. The summed E-state index contributed by atoms with van der Waals surface area (Å²) in [4.78, 5) is 0.111. The van der Waals surface area contributed by atoms with E-state index in [1.807, 2.05) is 0 Å². The van der Waals surface area contributed by atoms with Gasteiger partial charge in [-0.3, -0.25) is 0 Å². The molecule has 0 saturated carbocycles. The maximum absolute atomic E-state index is 13.2. The molecule has 0 fully saturated rings. The number of ether oxygens (including phenoxy) is 1. The van der Waals surface area contributed by atoms with E-state index in [-0.39, 0.29) is 29.7 Å². The molecular weight excluding hydrogens is 433 g/mol. The summed E-state index contributed by atoms with van der Waals surface area (Å²) in [5, 5.41) is 12.9. The Balaban J connectivity index is 1.42. The van der Waals surface area contributed by atoms with E-state index in [0.717, 1.165) is 0 Å². The standard InChI is InChI=1S/C19H15ClFN5O3S/c20-14-3-7-16(8-4-14)30(27,28)22-11-12-29-18-10-9-17-23-24-19(26(17)25-18)13-1-5-15(21)6-2-13/h1-10,22H,11-12H2. The minimum atomic E-state index is -3.67.